The number of sulfonamides is 1. The van der Waals surface area contributed by atoms with Gasteiger partial charge in [-0.15, -0.1) is 11.8 Å². The number of carbonyl (C=O) groups excluding carboxylic acids is 1. The van der Waals surface area contributed by atoms with E-state index in [2.05, 4.69) is 9.88 Å². The number of hydrogen-bond donors (Lipinski definition) is 1. The maximum Gasteiger partial charge on any atom is 0.422 e. The molecule has 128 valence electrons. The molecule has 1 aromatic heterocycles. The minimum absolute atomic E-state index is 0.0629. The van der Waals surface area contributed by atoms with Crippen molar-refractivity contribution < 1.29 is 17.9 Å². The quantitative estimate of drug-likeness (QED) is 0.806. The highest BCUT2D eigenvalue weighted by atomic mass is 32.2. The fraction of sp³-hybridized carbons (Fsp3) is 0.571. The van der Waals surface area contributed by atoms with E-state index in [1.165, 1.54) is 30.4 Å². The van der Waals surface area contributed by atoms with Crippen molar-refractivity contribution in [1.82, 2.24) is 9.71 Å². The number of aromatic nitrogens is 1. The van der Waals surface area contributed by atoms with Gasteiger partial charge in [0.25, 0.3) is 10.0 Å². The number of nitrogens with one attached hydrogen (secondary N) is 1. The van der Waals surface area contributed by atoms with Gasteiger partial charge in [-0.25, -0.2) is 22.9 Å². The third-order valence-corrected chi connectivity index (χ3v) is 5.59. The second kappa shape index (κ2) is 7.87. The Morgan fingerprint density at radius 1 is 1.35 bits per heavy atom. The second-order valence-corrected chi connectivity index (χ2v) is 8.03. The molecule has 1 aromatic rings. The minimum atomic E-state index is -3.98. The first-order valence-corrected chi connectivity index (χ1v) is 10.2. The molecule has 23 heavy (non-hydrogen) atoms. The number of pyridine rings is 1. The number of hydrogen-bond acceptors (Lipinski definition) is 7. The molecular formula is C14H21N3O4S2. The van der Waals surface area contributed by atoms with Crippen LogP contribution in [0.5, 0.6) is 0 Å². The van der Waals surface area contributed by atoms with Crippen LogP contribution in [0.1, 0.15) is 26.2 Å². The lowest BCUT2D eigenvalue weighted by Crippen LogP contribution is -2.33. The summed E-state index contributed by atoms with van der Waals surface area (Å²) in [6.07, 6.45) is 5.47. The Labute approximate surface area is 140 Å². The smallest absolute Gasteiger partial charge is 0.422 e. The molecule has 9 heteroatoms. The van der Waals surface area contributed by atoms with Crippen LogP contribution in [0.2, 0.25) is 0 Å². The molecule has 1 unspecified atom stereocenters. The van der Waals surface area contributed by atoms with Crippen LogP contribution in [0.15, 0.2) is 23.2 Å². The fourth-order valence-corrected chi connectivity index (χ4v) is 3.24. The Hall–Kier alpha value is -1.48. The van der Waals surface area contributed by atoms with Crippen LogP contribution in [0.3, 0.4) is 0 Å². The average Bonchev–Trinajstić information content (AvgIpc) is 2.55. The summed E-state index contributed by atoms with van der Waals surface area (Å²) in [7, 11) is -3.98. The van der Waals surface area contributed by atoms with Gasteiger partial charge >= 0.3 is 6.09 Å². The van der Waals surface area contributed by atoms with Crippen molar-refractivity contribution in [2.75, 3.05) is 24.2 Å². The SMILES string of the molecule is CSC(C)OC(=O)NS(=O)(=O)c1ccc(N2CCCCC2)nc1. The second-order valence-electron chi connectivity index (χ2n) is 5.21. The number of nitrogens with zero attached hydrogens (tertiary/aromatic N) is 2. The lowest BCUT2D eigenvalue weighted by molar-refractivity contribution is 0.147. The van der Waals surface area contributed by atoms with Gasteiger partial charge in [-0.3, -0.25) is 0 Å². The summed E-state index contributed by atoms with van der Waals surface area (Å²) in [4.78, 5) is 17.8. The van der Waals surface area contributed by atoms with E-state index >= 15 is 0 Å². The molecule has 7 nitrogen and oxygen atoms in total. The molecule has 2 rings (SSSR count). The predicted octanol–water partition coefficient (Wildman–Crippen LogP) is 2.20. The van der Waals surface area contributed by atoms with Crippen LogP contribution in [-0.2, 0) is 14.8 Å². The third kappa shape index (κ3) is 5.00. The van der Waals surface area contributed by atoms with Crippen LogP contribution < -0.4 is 9.62 Å². The highest BCUT2D eigenvalue weighted by molar-refractivity contribution is 7.99. The standard InChI is InChI=1S/C14H21N3O4S2/c1-11(22-2)21-14(18)16-23(19,20)12-6-7-13(15-10-12)17-8-4-3-5-9-17/h6-7,10-11H,3-5,8-9H2,1-2H3,(H,16,18). The first kappa shape index (κ1) is 17.9. The number of rotatable bonds is 5. The molecule has 0 saturated carbocycles. The first-order valence-electron chi connectivity index (χ1n) is 7.39. The molecule has 0 radical (unpaired) electrons. The van der Waals surface area contributed by atoms with Crippen LogP contribution in [0.4, 0.5) is 10.6 Å². The van der Waals surface area contributed by atoms with E-state index in [0.717, 1.165) is 31.7 Å². The van der Waals surface area contributed by atoms with E-state index in [4.69, 9.17) is 4.74 Å². The van der Waals surface area contributed by atoms with Crippen molar-refractivity contribution in [1.29, 1.82) is 0 Å². The molecule has 0 bridgehead atoms. The summed E-state index contributed by atoms with van der Waals surface area (Å²) >= 11 is 1.30. The minimum Gasteiger partial charge on any atom is -0.435 e. The van der Waals surface area contributed by atoms with Gasteiger partial charge in [0.05, 0.1) is 0 Å². The van der Waals surface area contributed by atoms with Gasteiger partial charge in [0.2, 0.25) is 0 Å². The molecule has 1 saturated heterocycles. The van der Waals surface area contributed by atoms with Crippen molar-refractivity contribution >= 4 is 33.7 Å². The Bertz CT molecular complexity index is 628. The number of anilines is 1. The largest absolute Gasteiger partial charge is 0.435 e. The zero-order valence-electron chi connectivity index (χ0n) is 13.2. The fourth-order valence-electron chi connectivity index (χ4n) is 2.23. The van der Waals surface area contributed by atoms with Crippen molar-refractivity contribution in [3.63, 3.8) is 0 Å². The molecule has 1 N–H and O–H groups in total. The van der Waals surface area contributed by atoms with Crippen LogP contribution >= 0.6 is 11.8 Å². The van der Waals surface area contributed by atoms with Gasteiger partial charge in [-0.05, 0) is 44.6 Å². The normalized spacial score (nSPS) is 16.7. The average molecular weight is 359 g/mol. The number of carbonyl (C=O) groups is 1. The molecule has 0 aliphatic carbocycles. The lowest BCUT2D eigenvalue weighted by Gasteiger charge is -2.27. The Morgan fingerprint density at radius 3 is 2.61 bits per heavy atom. The zero-order chi connectivity index (χ0) is 16.9. The number of thioether (sulfide) groups is 1. The predicted molar refractivity (Wildman–Crippen MR) is 90.1 cm³/mol. The van der Waals surface area contributed by atoms with Crippen molar-refractivity contribution in [2.24, 2.45) is 0 Å². The maximum atomic E-state index is 12.1. The first-order chi connectivity index (χ1) is 10.9. The van der Waals surface area contributed by atoms with Gasteiger partial charge in [0.15, 0.2) is 0 Å². The van der Waals surface area contributed by atoms with Gasteiger partial charge in [0, 0.05) is 19.3 Å². The van der Waals surface area contributed by atoms with E-state index in [-0.39, 0.29) is 4.90 Å². The number of ether oxygens (including phenoxy) is 1. The van der Waals surface area contributed by atoms with Gasteiger partial charge in [-0.2, -0.15) is 0 Å². The molecule has 0 spiro atoms. The number of piperidine rings is 1. The molecule has 1 aliphatic heterocycles. The van der Waals surface area contributed by atoms with Gasteiger partial charge in [0.1, 0.15) is 16.1 Å². The summed E-state index contributed by atoms with van der Waals surface area (Å²) in [6.45, 7) is 3.51. The zero-order valence-corrected chi connectivity index (χ0v) is 14.8. The molecule has 2 heterocycles. The molecule has 1 fully saturated rings. The Balaban J connectivity index is 2.03. The summed E-state index contributed by atoms with van der Waals surface area (Å²) in [5.41, 5.74) is -0.426. The lowest BCUT2D eigenvalue weighted by atomic mass is 10.1. The number of amides is 1. The molecule has 1 amide bonds. The summed E-state index contributed by atoms with van der Waals surface area (Å²) in [6, 6.07) is 3.11. The Kier molecular flexibility index (Phi) is 6.11. The molecule has 1 aliphatic rings. The van der Waals surface area contributed by atoms with Crippen LogP contribution in [0, 0.1) is 0 Å². The summed E-state index contributed by atoms with van der Waals surface area (Å²) in [5.74, 6) is 0.752. The van der Waals surface area contributed by atoms with E-state index < -0.39 is 21.6 Å². The highest BCUT2D eigenvalue weighted by Gasteiger charge is 2.21. The maximum absolute atomic E-state index is 12.1. The van der Waals surface area contributed by atoms with E-state index in [1.54, 1.807) is 19.2 Å². The van der Waals surface area contributed by atoms with E-state index in [0.29, 0.717) is 0 Å². The Morgan fingerprint density at radius 2 is 2.04 bits per heavy atom. The van der Waals surface area contributed by atoms with Crippen molar-refractivity contribution in [3.8, 4) is 0 Å². The summed E-state index contributed by atoms with van der Waals surface area (Å²) < 4.78 is 31.0. The van der Waals surface area contributed by atoms with E-state index in [9.17, 15) is 13.2 Å². The van der Waals surface area contributed by atoms with Crippen LogP contribution in [0.25, 0.3) is 0 Å². The van der Waals surface area contributed by atoms with Crippen molar-refractivity contribution in [3.05, 3.63) is 18.3 Å². The molecule has 0 aromatic carbocycles. The molecular weight excluding hydrogens is 338 g/mol. The summed E-state index contributed by atoms with van der Waals surface area (Å²) in [5, 5.41) is 0. The van der Waals surface area contributed by atoms with Gasteiger partial charge in [-0.1, -0.05) is 0 Å². The topological polar surface area (TPSA) is 88.6 Å². The highest BCUT2D eigenvalue weighted by Crippen LogP contribution is 2.19. The monoisotopic (exact) mass is 359 g/mol. The third-order valence-electron chi connectivity index (χ3n) is 3.53. The van der Waals surface area contributed by atoms with Gasteiger partial charge < -0.3 is 9.64 Å². The van der Waals surface area contributed by atoms with Crippen LogP contribution in [-0.4, -0.2) is 44.3 Å². The van der Waals surface area contributed by atoms with E-state index in [1.807, 2.05) is 4.72 Å². The van der Waals surface area contributed by atoms with Crippen molar-refractivity contribution in [2.45, 2.75) is 36.5 Å². The molecule has 1 atom stereocenters.